The molecule has 0 aliphatic heterocycles. The summed E-state index contributed by atoms with van der Waals surface area (Å²) in [4.78, 5) is 12.5. The summed E-state index contributed by atoms with van der Waals surface area (Å²) in [6.07, 6.45) is -4.98. The van der Waals surface area contributed by atoms with Gasteiger partial charge in [0.1, 0.15) is 5.82 Å². The highest BCUT2D eigenvalue weighted by molar-refractivity contribution is 7.80. The fourth-order valence-electron chi connectivity index (χ4n) is 2.63. The van der Waals surface area contributed by atoms with E-state index in [0.717, 1.165) is 30.3 Å². The van der Waals surface area contributed by atoms with Crippen molar-refractivity contribution < 1.29 is 27.1 Å². The first-order valence-corrected chi connectivity index (χ1v) is 10.2. The lowest BCUT2D eigenvalue weighted by Crippen LogP contribution is -2.23. The molecule has 0 aliphatic rings. The number of carbonyl (C=O) groups excluding carboxylic acids is 1. The Morgan fingerprint density at radius 2 is 1.48 bits per heavy atom. The van der Waals surface area contributed by atoms with Crippen LogP contribution >= 0.6 is 35.4 Å². The Labute approximate surface area is 200 Å². The number of hydrogen-bond donors (Lipinski definition) is 3. The predicted octanol–water partition coefficient (Wildman–Crippen LogP) is 7.09. The van der Waals surface area contributed by atoms with Crippen LogP contribution in [-0.2, 0) is 0 Å². The lowest BCUT2D eigenvalue weighted by atomic mass is 10.1. The van der Waals surface area contributed by atoms with E-state index in [4.69, 9.17) is 35.4 Å². The maximum Gasteiger partial charge on any atom is 0.573 e. The summed E-state index contributed by atoms with van der Waals surface area (Å²) in [5, 5.41) is 8.33. The third-order valence-corrected chi connectivity index (χ3v) is 4.58. The molecule has 12 heteroatoms. The number of nitrogens with one attached hydrogen (secondary N) is 3. The van der Waals surface area contributed by atoms with Crippen molar-refractivity contribution in [3.05, 3.63) is 82.1 Å². The quantitative estimate of drug-likeness (QED) is 0.249. The lowest BCUT2D eigenvalue weighted by molar-refractivity contribution is -0.274. The van der Waals surface area contributed by atoms with E-state index in [1.165, 1.54) is 30.3 Å². The van der Waals surface area contributed by atoms with Crippen molar-refractivity contribution in [2.75, 3.05) is 16.0 Å². The van der Waals surface area contributed by atoms with Gasteiger partial charge in [-0.05, 0) is 72.9 Å². The summed E-state index contributed by atoms with van der Waals surface area (Å²) in [7, 11) is 0. The van der Waals surface area contributed by atoms with Crippen LogP contribution in [0.5, 0.6) is 5.75 Å². The molecule has 5 nitrogen and oxygen atoms in total. The van der Waals surface area contributed by atoms with Crippen LogP contribution in [0.1, 0.15) is 10.4 Å². The molecule has 0 saturated carbocycles. The second-order valence-electron chi connectivity index (χ2n) is 6.46. The first kappa shape index (κ1) is 24.6. The number of amides is 1. The maximum atomic E-state index is 13.0. The number of rotatable bonds is 5. The van der Waals surface area contributed by atoms with Crippen molar-refractivity contribution in [3.8, 4) is 5.75 Å². The Morgan fingerprint density at radius 1 is 0.848 bits per heavy atom. The maximum absolute atomic E-state index is 13.0. The minimum absolute atomic E-state index is 0.00931. The molecule has 3 N–H and O–H groups in total. The molecule has 3 aromatic rings. The zero-order chi connectivity index (χ0) is 24.2. The van der Waals surface area contributed by atoms with E-state index in [9.17, 15) is 22.4 Å². The third-order valence-electron chi connectivity index (χ3n) is 3.94. The molecule has 0 radical (unpaired) electrons. The highest BCUT2D eigenvalue weighted by atomic mass is 35.5. The van der Waals surface area contributed by atoms with Crippen molar-refractivity contribution in [1.29, 1.82) is 0 Å². The molecule has 0 saturated heterocycles. The summed E-state index contributed by atoms with van der Waals surface area (Å²) >= 11 is 17.0. The van der Waals surface area contributed by atoms with Crippen molar-refractivity contribution >= 4 is 63.5 Å². The molecule has 0 aromatic heterocycles. The first-order chi connectivity index (χ1) is 15.5. The molecule has 3 rings (SSSR count). The monoisotopic (exact) mass is 517 g/mol. The van der Waals surface area contributed by atoms with Gasteiger partial charge in [0.05, 0.1) is 5.69 Å². The summed E-state index contributed by atoms with van der Waals surface area (Å²) in [6.45, 7) is 0. The van der Waals surface area contributed by atoms with Gasteiger partial charge in [0.2, 0.25) is 0 Å². The van der Waals surface area contributed by atoms with E-state index < -0.39 is 23.8 Å². The number of carbonyl (C=O) groups is 1. The minimum Gasteiger partial charge on any atom is -0.404 e. The number of halogens is 6. The van der Waals surface area contributed by atoms with Gasteiger partial charge in [-0.2, -0.15) is 0 Å². The summed E-state index contributed by atoms with van der Waals surface area (Å²) < 4.78 is 55.6. The number of alkyl halides is 3. The normalized spacial score (nSPS) is 11.0. The molecular weight excluding hydrogens is 505 g/mol. The van der Waals surface area contributed by atoms with Crippen LogP contribution in [0.15, 0.2) is 60.7 Å². The van der Waals surface area contributed by atoms with Crippen molar-refractivity contribution in [2.24, 2.45) is 0 Å². The average molecular weight is 518 g/mol. The predicted molar refractivity (Wildman–Crippen MR) is 124 cm³/mol. The van der Waals surface area contributed by atoms with Gasteiger partial charge < -0.3 is 20.7 Å². The lowest BCUT2D eigenvalue weighted by Gasteiger charge is -2.17. The third kappa shape index (κ3) is 7.48. The van der Waals surface area contributed by atoms with E-state index in [1.807, 2.05) is 0 Å². The highest BCUT2D eigenvalue weighted by Crippen LogP contribution is 2.32. The van der Waals surface area contributed by atoms with Crippen LogP contribution in [0.25, 0.3) is 0 Å². The standard InChI is InChI=1S/C21H13Cl2F4N3O2S/c22-12-8-13(23)10-16(9-12)29-20(33)30-17-7-11(1-6-18(17)32-21(25,26)27)19(31)28-15-4-2-14(24)3-5-15/h1-10H,(H,28,31)(H2,29,30,33). The summed E-state index contributed by atoms with van der Waals surface area (Å²) in [5.41, 5.74) is 0.435. The number of ether oxygens (including phenoxy) is 1. The zero-order valence-corrected chi connectivity index (χ0v) is 18.6. The molecule has 33 heavy (non-hydrogen) atoms. The molecular formula is C21H13Cl2F4N3O2S. The van der Waals surface area contributed by atoms with Gasteiger partial charge in [-0.25, -0.2) is 4.39 Å². The fourth-order valence-corrected chi connectivity index (χ4v) is 3.38. The Kier molecular flexibility index (Phi) is 7.62. The minimum atomic E-state index is -4.98. The molecule has 0 fully saturated rings. The van der Waals surface area contributed by atoms with Crippen LogP contribution in [0, 0.1) is 5.82 Å². The Morgan fingerprint density at radius 3 is 2.09 bits per heavy atom. The zero-order valence-electron chi connectivity index (χ0n) is 16.3. The Hall–Kier alpha value is -3.08. The number of hydrogen-bond acceptors (Lipinski definition) is 3. The number of benzene rings is 3. The Bertz CT molecular complexity index is 1170. The van der Waals surface area contributed by atoms with Crippen LogP contribution in [0.4, 0.5) is 34.6 Å². The average Bonchev–Trinajstić information content (AvgIpc) is 2.69. The van der Waals surface area contributed by atoms with Crippen molar-refractivity contribution in [3.63, 3.8) is 0 Å². The first-order valence-electron chi connectivity index (χ1n) is 8.99. The molecule has 3 aromatic carbocycles. The largest absolute Gasteiger partial charge is 0.573 e. The van der Waals surface area contributed by atoms with Crippen molar-refractivity contribution in [2.45, 2.75) is 6.36 Å². The van der Waals surface area contributed by atoms with E-state index in [1.54, 1.807) is 0 Å². The molecule has 0 aliphatic carbocycles. The second-order valence-corrected chi connectivity index (χ2v) is 7.74. The molecule has 0 atom stereocenters. The molecule has 0 heterocycles. The second kappa shape index (κ2) is 10.2. The van der Waals surface area contributed by atoms with E-state index >= 15 is 0 Å². The molecule has 172 valence electrons. The molecule has 1 amide bonds. The van der Waals surface area contributed by atoms with Gasteiger partial charge in [0.25, 0.3) is 5.91 Å². The van der Waals surface area contributed by atoms with Gasteiger partial charge in [-0.3, -0.25) is 4.79 Å². The van der Waals surface area contributed by atoms with Gasteiger partial charge >= 0.3 is 6.36 Å². The number of thiocarbonyl (C=S) groups is 1. The number of anilines is 3. The van der Waals surface area contributed by atoms with Gasteiger partial charge in [0, 0.05) is 27.0 Å². The van der Waals surface area contributed by atoms with Crippen LogP contribution in [0.2, 0.25) is 10.0 Å². The van der Waals surface area contributed by atoms with Crippen LogP contribution in [0.3, 0.4) is 0 Å². The van der Waals surface area contributed by atoms with Crippen molar-refractivity contribution in [1.82, 2.24) is 0 Å². The van der Waals surface area contributed by atoms with Gasteiger partial charge in [-0.1, -0.05) is 23.2 Å². The fraction of sp³-hybridized carbons (Fsp3) is 0.0476. The molecule has 0 unspecified atom stereocenters. The summed E-state index contributed by atoms with van der Waals surface area (Å²) in [6, 6.07) is 12.7. The summed E-state index contributed by atoms with van der Waals surface area (Å²) in [5.74, 6) is -1.76. The Balaban J connectivity index is 1.83. The van der Waals surface area contributed by atoms with E-state index in [2.05, 4.69) is 20.7 Å². The highest BCUT2D eigenvalue weighted by Gasteiger charge is 2.32. The molecule has 0 spiro atoms. The van der Waals surface area contributed by atoms with Crippen LogP contribution < -0.4 is 20.7 Å². The smallest absolute Gasteiger partial charge is 0.404 e. The van der Waals surface area contributed by atoms with Gasteiger partial charge in [0.15, 0.2) is 10.9 Å². The SMILES string of the molecule is O=C(Nc1ccc(F)cc1)c1ccc(OC(F)(F)F)c(NC(=S)Nc2cc(Cl)cc(Cl)c2)c1. The van der Waals surface area contributed by atoms with E-state index in [-0.39, 0.29) is 16.4 Å². The van der Waals surface area contributed by atoms with Crippen LogP contribution in [-0.4, -0.2) is 17.4 Å². The van der Waals surface area contributed by atoms with E-state index in [0.29, 0.717) is 21.4 Å². The molecule has 0 bridgehead atoms. The van der Waals surface area contributed by atoms with Gasteiger partial charge in [-0.15, -0.1) is 13.2 Å². The topological polar surface area (TPSA) is 62.4 Å².